The second-order valence-electron chi connectivity index (χ2n) is 8.18. The number of amides is 3. The second kappa shape index (κ2) is 11.2. The number of nitrogens with two attached hydrogens (primary N) is 1. The average molecular weight is 566 g/mol. The fraction of sp³-hybridized carbons (Fsp3) is 0.381. The number of aryl methyl sites for hydroxylation is 1. The number of anilines is 2. The zero-order valence-electron chi connectivity index (χ0n) is 20.3. The van der Waals surface area contributed by atoms with Crippen LogP contribution in [0.1, 0.15) is 11.3 Å². The van der Waals surface area contributed by atoms with Gasteiger partial charge in [-0.3, -0.25) is 19.3 Å². The van der Waals surface area contributed by atoms with Gasteiger partial charge in [-0.25, -0.2) is 9.78 Å². The number of thioether (sulfide) groups is 1. The summed E-state index contributed by atoms with van der Waals surface area (Å²) in [6.45, 7) is 2.01. The molecule has 0 aromatic carbocycles. The van der Waals surface area contributed by atoms with Crippen LogP contribution in [0.5, 0.6) is 0 Å². The van der Waals surface area contributed by atoms with E-state index in [1.54, 1.807) is 22.5 Å². The quantitative estimate of drug-likeness (QED) is 0.0699. The van der Waals surface area contributed by atoms with Crippen molar-refractivity contribution in [1.82, 2.24) is 19.9 Å². The number of carbonyl (C=O) groups is 4. The second-order valence-corrected chi connectivity index (χ2v) is 10.1. The summed E-state index contributed by atoms with van der Waals surface area (Å²) < 4.78 is 3.35. The highest BCUT2D eigenvalue weighted by Gasteiger charge is 2.55. The number of aliphatic carboxylic acids is 1. The van der Waals surface area contributed by atoms with Crippen molar-refractivity contribution in [2.75, 3.05) is 30.5 Å². The molecule has 6 N–H and O–H groups in total. The molecular weight excluding hydrogens is 540 g/mol. The smallest absolute Gasteiger partial charge is 0.352 e. The normalized spacial score (nSPS) is 19.1. The first-order chi connectivity index (χ1) is 18.2. The van der Waals surface area contributed by atoms with E-state index in [-0.39, 0.29) is 47.7 Å². The molecule has 0 radical (unpaired) electrons. The Balaban J connectivity index is 1.54. The first-order valence-corrected chi connectivity index (χ1v) is 13.1. The van der Waals surface area contributed by atoms with Gasteiger partial charge in [-0.05, 0) is 6.92 Å². The lowest BCUT2D eigenvalue weighted by molar-refractivity contribution is -0.767. The first-order valence-electron chi connectivity index (χ1n) is 11.2. The number of nitrogens with one attached hydrogen (secondary N) is 2. The number of carboxylic acids is 1. The monoisotopic (exact) mass is 565 g/mol. The molecule has 17 heteroatoms. The highest BCUT2D eigenvalue weighted by Crippen LogP contribution is 2.40. The van der Waals surface area contributed by atoms with Crippen molar-refractivity contribution in [2.45, 2.75) is 31.4 Å². The number of nitrogen functional groups attached to an aromatic ring is 1. The van der Waals surface area contributed by atoms with Gasteiger partial charge in [0.25, 0.3) is 11.8 Å². The van der Waals surface area contributed by atoms with Crippen LogP contribution in [-0.4, -0.2) is 85.6 Å². The number of β-lactam (4-membered cyclic amide) rings is 1. The Hall–Kier alpha value is -3.96. The van der Waals surface area contributed by atoms with Gasteiger partial charge in [-0.15, -0.1) is 32.5 Å². The van der Waals surface area contributed by atoms with Crippen molar-refractivity contribution in [3.8, 4) is 0 Å². The molecule has 0 spiro atoms. The SMILES string of the molecule is CON=C(C(=O)N[C@@H]1C(=O)N2C(C(=O)O)=C(C[n+]3cc(C)c(N)n3CCO)CS[C@H]12)c1csc(NC=O)n1. The third kappa shape index (κ3) is 4.94. The minimum atomic E-state index is -1.27. The van der Waals surface area contributed by atoms with Gasteiger partial charge < -0.3 is 31.4 Å². The van der Waals surface area contributed by atoms with Crippen LogP contribution in [0.15, 0.2) is 28.0 Å². The molecule has 2 aliphatic heterocycles. The Kier molecular flexibility index (Phi) is 7.98. The Labute approximate surface area is 223 Å². The highest BCUT2D eigenvalue weighted by atomic mass is 32.2. The van der Waals surface area contributed by atoms with Crippen LogP contribution in [0, 0.1) is 6.92 Å². The number of aliphatic hydroxyl groups is 1. The molecule has 2 aromatic heterocycles. The Bertz CT molecular complexity index is 1350. The number of carbonyl (C=O) groups excluding carboxylic acids is 3. The molecule has 2 aromatic rings. The molecular formula is C21H25N8O7S2+. The zero-order valence-corrected chi connectivity index (χ0v) is 21.9. The van der Waals surface area contributed by atoms with E-state index in [9.17, 15) is 29.4 Å². The van der Waals surface area contributed by atoms with Crippen LogP contribution in [-0.2, 0) is 37.1 Å². The maximum atomic E-state index is 13.1. The summed E-state index contributed by atoms with van der Waals surface area (Å²) in [5.41, 5.74) is 7.10. The highest BCUT2D eigenvalue weighted by molar-refractivity contribution is 8.00. The molecule has 0 unspecified atom stereocenters. The van der Waals surface area contributed by atoms with E-state index < -0.39 is 29.2 Å². The van der Waals surface area contributed by atoms with Crippen molar-refractivity contribution >= 4 is 64.0 Å². The number of fused-ring (bicyclic) bond motifs is 1. The zero-order chi connectivity index (χ0) is 27.6. The largest absolute Gasteiger partial charge is 0.477 e. The van der Waals surface area contributed by atoms with Crippen LogP contribution in [0.4, 0.5) is 10.9 Å². The van der Waals surface area contributed by atoms with Crippen molar-refractivity contribution in [3.63, 3.8) is 0 Å². The van der Waals surface area contributed by atoms with Gasteiger partial charge in [0.15, 0.2) is 23.2 Å². The predicted molar refractivity (Wildman–Crippen MR) is 136 cm³/mol. The van der Waals surface area contributed by atoms with E-state index in [1.165, 1.54) is 24.3 Å². The van der Waals surface area contributed by atoms with Crippen LogP contribution < -0.4 is 21.0 Å². The molecule has 4 heterocycles. The molecule has 4 rings (SSSR count). The molecule has 15 nitrogen and oxygen atoms in total. The van der Waals surface area contributed by atoms with Crippen LogP contribution >= 0.6 is 23.1 Å². The van der Waals surface area contributed by atoms with E-state index in [4.69, 9.17) is 10.6 Å². The number of rotatable bonds is 11. The number of hydrogen-bond acceptors (Lipinski definition) is 11. The van der Waals surface area contributed by atoms with Gasteiger partial charge in [0.2, 0.25) is 12.6 Å². The summed E-state index contributed by atoms with van der Waals surface area (Å²) >= 11 is 2.38. The maximum absolute atomic E-state index is 13.1. The summed E-state index contributed by atoms with van der Waals surface area (Å²) in [5.74, 6) is -1.87. The van der Waals surface area contributed by atoms with Crippen molar-refractivity contribution in [2.24, 2.45) is 5.16 Å². The van der Waals surface area contributed by atoms with Crippen LogP contribution in [0.2, 0.25) is 0 Å². The van der Waals surface area contributed by atoms with Crippen molar-refractivity contribution in [1.29, 1.82) is 0 Å². The summed E-state index contributed by atoms with van der Waals surface area (Å²) in [6.07, 6.45) is 2.19. The number of hydrogen-bond donors (Lipinski definition) is 5. The number of aliphatic hydroxyl groups excluding tert-OH is 1. The lowest BCUT2D eigenvalue weighted by Crippen LogP contribution is -2.71. The number of nitrogens with zero attached hydrogens (tertiary/aromatic N) is 5. The average Bonchev–Trinajstić information content (AvgIpc) is 3.45. The Morgan fingerprint density at radius 1 is 1.45 bits per heavy atom. The Morgan fingerprint density at radius 3 is 2.87 bits per heavy atom. The molecule has 3 amide bonds. The third-order valence-corrected chi connectivity index (χ3v) is 7.98. The minimum Gasteiger partial charge on any atom is -0.477 e. The number of aromatic nitrogens is 3. The maximum Gasteiger partial charge on any atom is 0.352 e. The first kappa shape index (κ1) is 27.1. The molecule has 0 saturated carbocycles. The van der Waals surface area contributed by atoms with E-state index in [0.29, 0.717) is 17.8 Å². The molecule has 0 aliphatic carbocycles. The summed E-state index contributed by atoms with van der Waals surface area (Å²) in [4.78, 5) is 59.0. The lowest BCUT2D eigenvalue weighted by Gasteiger charge is -2.49. The molecule has 0 bridgehead atoms. The molecule has 38 heavy (non-hydrogen) atoms. The fourth-order valence-corrected chi connectivity index (χ4v) is 6.17. The minimum absolute atomic E-state index is 0.129. The topological polar surface area (TPSA) is 205 Å². The van der Waals surface area contributed by atoms with E-state index in [1.807, 2.05) is 0 Å². The molecule has 1 saturated heterocycles. The van der Waals surface area contributed by atoms with E-state index in [2.05, 4.69) is 20.8 Å². The molecule has 2 atom stereocenters. The summed E-state index contributed by atoms with van der Waals surface area (Å²) in [6, 6.07) is -1.000. The predicted octanol–water partition coefficient (Wildman–Crippen LogP) is -1.53. The van der Waals surface area contributed by atoms with Crippen molar-refractivity contribution < 1.29 is 38.9 Å². The lowest BCUT2D eigenvalue weighted by atomic mass is 10.0. The van der Waals surface area contributed by atoms with Gasteiger partial charge in [0, 0.05) is 16.7 Å². The van der Waals surface area contributed by atoms with E-state index >= 15 is 0 Å². The standard InChI is InChI=1S/C21H24N8O7S2/c1-10-5-27(28(3-4-30)16(10)22)6-11-7-37-19-14(18(33)29(19)15(11)20(34)35)25-17(32)13(26-36-2)12-8-38-21(24-12)23-9-31/h5,8-9,14,19,22,30H,3-4,6-7H2,1-2H3,(H3,23,24,25,31,32,34,35)/p+1/t14-,19-/m1/s1. The Morgan fingerprint density at radius 2 is 2.21 bits per heavy atom. The third-order valence-electron chi connectivity index (χ3n) is 5.86. The van der Waals surface area contributed by atoms with Gasteiger partial charge >= 0.3 is 5.97 Å². The van der Waals surface area contributed by atoms with Crippen molar-refractivity contribution in [3.05, 3.63) is 34.1 Å². The number of carboxylic acid groups (broad SMARTS) is 1. The van der Waals surface area contributed by atoms with E-state index in [0.717, 1.165) is 21.8 Å². The number of oxime groups is 1. The summed E-state index contributed by atoms with van der Waals surface area (Å²) in [5, 5.41) is 29.1. The molecule has 202 valence electrons. The van der Waals surface area contributed by atoms with Gasteiger partial charge in [0.1, 0.15) is 36.5 Å². The fourth-order valence-electron chi connectivity index (χ4n) is 4.18. The van der Waals surface area contributed by atoms with Gasteiger partial charge in [-0.2, -0.15) is 0 Å². The van der Waals surface area contributed by atoms with Gasteiger partial charge in [-0.1, -0.05) is 5.16 Å². The van der Waals surface area contributed by atoms with Crippen LogP contribution in [0.25, 0.3) is 0 Å². The van der Waals surface area contributed by atoms with Gasteiger partial charge in [0.05, 0.1) is 12.2 Å². The molecule has 1 fully saturated rings. The molecule has 2 aliphatic rings. The van der Waals surface area contributed by atoms with Crippen LogP contribution in [0.3, 0.4) is 0 Å². The number of thiazole rings is 1. The summed E-state index contributed by atoms with van der Waals surface area (Å²) in [7, 11) is 1.24.